The monoisotopic (exact) mass is 446 g/mol. The third-order valence-corrected chi connectivity index (χ3v) is 6.33. The van der Waals surface area contributed by atoms with Gasteiger partial charge in [-0.3, -0.25) is 14.0 Å². The molecule has 0 aromatic carbocycles. The van der Waals surface area contributed by atoms with Crippen molar-refractivity contribution >= 4 is 17.3 Å². The first-order chi connectivity index (χ1) is 15.2. The molecule has 1 aliphatic carbocycles. The number of furan rings is 1. The van der Waals surface area contributed by atoms with E-state index in [2.05, 4.69) is 10.2 Å². The van der Waals surface area contributed by atoms with Crippen LogP contribution < -0.4 is 0 Å². The Morgan fingerprint density at radius 1 is 1.19 bits per heavy atom. The van der Waals surface area contributed by atoms with Crippen molar-refractivity contribution in [3.8, 4) is 0 Å². The summed E-state index contributed by atoms with van der Waals surface area (Å²) in [6.45, 7) is 2.51. The fourth-order valence-electron chi connectivity index (χ4n) is 4.72. The number of pyridine rings is 1. The summed E-state index contributed by atoms with van der Waals surface area (Å²) >= 11 is 0. The molecule has 32 heavy (non-hydrogen) atoms. The largest absolute Gasteiger partial charge is 0.455 e. The number of hydrogen-bond donors (Lipinski definition) is 0. The van der Waals surface area contributed by atoms with Gasteiger partial charge in [-0.2, -0.15) is 13.2 Å². The number of hydrogen-bond acceptors (Lipinski definition) is 5. The molecule has 1 saturated heterocycles. The van der Waals surface area contributed by atoms with E-state index < -0.39 is 11.7 Å². The van der Waals surface area contributed by atoms with Crippen LogP contribution in [0.4, 0.5) is 13.2 Å². The second kappa shape index (κ2) is 7.46. The third kappa shape index (κ3) is 3.37. The molecule has 0 spiro atoms. The molecular weight excluding hydrogens is 425 g/mol. The molecule has 2 aliphatic rings. The Kier molecular flexibility index (Phi) is 4.83. The topological polar surface area (TPSA) is 80.7 Å². The van der Waals surface area contributed by atoms with Gasteiger partial charge in [0.2, 0.25) is 0 Å². The molecule has 10 heteroatoms. The second-order valence-electron chi connectivity index (χ2n) is 8.42. The van der Waals surface area contributed by atoms with E-state index in [4.69, 9.17) is 4.42 Å². The number of likely N-dealkylation sites (tertiary alicyclic amines) is 1. The number of aromatic nitrogens is 3. The fraction of sp³-hybridized carbons (Fsp3) is 0.455. The van der Waals surface area contributed by atoms with E-state index in [9.17, 15) is 22.8 Å². The zero-order valence-corrected chi connectivity index (χ0v) is 17.4. The average Bonchev–Trinajstić information content (AvgIpc) is 3.34. The van der Waals surface area contributed by atoms with Crippen LogP contribution in [-0.4, -0.2) is 44.3 Å². The zero-order valence-electron chi connectivity index (χ0n) is 17.4. The molecule has 1 fully saturated rings. The molecule has 3 aromatic rings. The Bertz CT molecular complexity index is 1230. The summed E-state index contributed by atoms with van der Waals surface area (Å²) in [6.07, 6.45) is -0.342. The van der Waals surface area contributed by atoms with E-state index in [0.29, 0.717) is 67.0 Å². The molecule has 0 radical (unpaired) electrons. The van der Waals surface area contributed by atoms with Gasteiger partial charge in [0, 0.05) is 43.6 Å². The van der Waals surface area contributed by atoms with E-state index in [0.717, 1.165) is 12.3 Å². The van der Waals surface area contributed by atoms with Crippen molar-refractivity contribution < 1.29 is 27.2 Å². The lowest BCUT2D eigenvalue weighted by atomic mass is 9.93. The number of ketones is 1. The maximum absolute atomic E-state index is 13.2. The van der Waals surface area contributed by atoms with Gasteiger partial charge in [0.1, 0.15) is 11.6 Å². The van der Waals surface area contributed by atoms with Gasteiger partial charge in [0.25, 0.3) is 5.91 Å². The summed E-state index contributed by atoms with van der Waals surface area (Å²) < 4.78 is 46.7. The van der Waals surface area contributed by atoms with Crippen molar-refractivity contribution in [2.45, 2.75) is 51.1 Å². The van der Waals surface area contributed by atoms with Gasteiger partial charge in [0.15, 0.2) is 17.2 Å². The first-order valence-corrected chi connectivity index (χ1v) is 10.6. The summed E-state index contributed by atoms with van der Waals surface area (Å²) in [7, 11) is 0. The van der Waals surface area contributed by atoms with E-state index in [1.807, 2.05) is 0 Å². The van der Waals surface area contributed by atoms with Crippen molar-refractivity contribution in [2.75, 3.05) is 13.1 Å². The lowest BCUT2D eigenvalue weighted by Crippen LogP contribution is -2.39. The first kappa shape index (κ1) is 20.7. The Hall–Kier alpha value is -3.17. The SMILES string of the molecule is Cc1c(C(=O)N2CCCC(c3nnc4ccc(C(F)(F)F)cn34)C2)oc2c1C(=O)CCC2. The molecule has 0 N–H and O–H groups in total. The first-order valence-electron chi connectivity index (χ1n) is 10.6. The highest BCUT2D eigenvalue weighted by Crippen LogP contribution is 2.33. The van der Waals surface area contributed by atoms with E-state index in [1.54, 1.807) is 11.8 Å². The molecule has 1 atom stereocenters. The van der Waals surface area contributed by atoms with Gasteiger partial charge < -0.3 is 9.32 Å². The molecule has 168 valence electrons. The second-order valence-corrected chi connectivity index (χ2v) is 8.42. The van der Waals surface area contributed by atoms with Crippen LogP contribution in [0, 0.1) is 6.92 Å². The lowest BCUT2D eigenvalue weighted by Gasteiger charge is -2.31. The molecule has 1 amide bonds. The van der Waals surface area contributed by atoms with E-state index >= 15 is 0 Å². The Labute approximate surface area is 181 Å². The van der Waals surface area contributed by atoms with Crippen LogP contribution >= 0.6 is 0 Å². The minimum Gasteiger partial charge on any atom is -0.455 e. The molecule has 5 rings (SSSR count). The van der Waals surface area contributed by atoms with Crippen LogP contribution in [0.25, 0.3) is 5.65 Å². The molecule has 3 aromatic heterocycles. The van der Waals surface area contributed by atoms with E-state index in [1.165, 1.54) is 10.5 Å². The Morgan fingerprint density at radius 2 is 2.00 bits per heavy atom. The Balaban J connectivity index is 1.43. The maximum atomic E-state index is 13.2. The van der Waals surface area contributed by atoms with Crippen molar-refractivity contribution in [3.63, 3.8) is 0 Å². The van der Waals surface area contributed by atoms with Gasteiger partial charge in [-0.15, -0.1) is 10.2 Å². The minimum atomic E-state index is -4.47. The maximum Gasteiger partial charge on any atom is 0.417 e. The minimum absolute atomic E-state index is 0.00142. The summed E-state index contributed by atoms with van der Waals surface area (Å²) in [5.74, 6) is 0.569. The van der Waals surface area contributed by atoms with Crippen molar-refractivity contribution in [1.82, 2.24) is 19.5 Å². The summed E-state index contributed by atoms with van der Waals surface area (Å²) in [5.41, 5.74) is 0.636. The highest BCUT2D eigenvalue weighted by Gasteiger charge is 2.35. The number of Topliss-reactive ketones (excluding diaryl/α,β-unsaturated/α-hetero) is 1. The van der Waals surface area contributed by atoms with Crippen molar-refractivity contribution in [3.05, 3.63) is 52.4 Å². The predicted molar refractivity (Wildman–Crippen MR) is 107 cm³/mol. The average molecular weight is 446 g/mol. The van der Waals surface area contributed by atoms with Crippen LogP contribution in [-0.2, 0) is 12.6 Å². The quantitative estimate of drug-likeness (QED) is 0.590. The van der Waals surface area contributed by atoms with Crippen molar-refractivity contribution in [2.24, 2.45) is 0 Å². The number of amides is 1. The molecule has 4 heterocycles. The van der Waals surface area contributed by atoms with Gasteiger partial charge in [0.05, 0.1) is 11.1 Å². The third-order valence-electron chi connectivity index (χ3n) is 6.33. The predicted octanol–water partition coefficient (Wildman–Crippen LogP) is 4.19. The number of aryl methyl sites for hydroxylation is 1. The van der Waals surface area contributed by atoms with Crippen molar-refractivity contribution in [1.29, 1.82) is 0 Å². The Morgan fingerprint density at radius 3 is 2.75 bits per heavy atom. The smallest absolute Gasteiger partial charge is 0.417 e. The number of rotatable bonds is 2. The van der Waals surface area contributed by atoms with Gasteiger partial charge in [-0.25, -0.2) is 0 Å². The molecule has 1 aliphatic heterocycles. The normalized spacial score (nSPS) is 19.4. The van der Waals surface area contributed by atoms with Crippen LogP contribution in [0.3, 0.4) is 0 Å². The van der Waals surface area contributed by atoms with Crippen LogP contribution in [0.2, 0.25) is 0 Å². The standard InChI is InChI=1S/C22H21F3N4O3/c1-12-18-15(30)5-2-6-16(18)32-19(12)21(31)28-9-3-4-13(10-28)20-27-26-17-8-7-14(11-29(17)20)22(23,24)25/h7-8,11,13H,2-6,9-10H2,1H3. The molecule has 0 saturated carbocycles. The van der Waals surface area contributed by atoms with Crippen LogP contribution in [0.5, 0.6) is 0 Å². The highest BCUT2D eigenvalue weighted by atomic mass is 19.4. The summed E-state index contributed by atoms with van der Waals surface area (Å²) in [6, 6.07) is 2.27. The number of alkyl halides is 3. The van der Waals surface area contributed by atoms with Gasteiger partial charge in [-0.05, 0) is 38.3 Å². The molecule has 1 unspecified atom stereocenters. The number of carbonyl (C=O) groups excluding carboxylic acids is 2. The number of fused-ring (bicyclic) bond motifs is 2. The van der Waals surface area contributed by atoms with Crippen LogP contribution in [0.1, 0.15) is 75.2 Å². The molecule has 7 nitrogen and oxygen atoms in total. The van der Waals surface area contributed by atoms with Crippen LogP contribution in [0.15, 0.2) is 22.7 Å². The van der Waals surface area contributed by atoms with Gasteiger partial charge in [-0.1, -0.05) is 0 Å². The number of piperidine rings is 1. The molecular formula is C22H21F3N4O3. The van der Waals surface area contributed by atoms with Gasteiger partial charge >= 0.3 is 6.18 Å². The summed E-state index contributed by atoms with van der Waals surface area (Å²) in [4.78, 5) is 27.1. The fourth-order valence-corrected chi connectivity index (χ4v) is 4.72. The molecule has 0 bridgehead atoms. The number of nitrogens with zero attached hydrogens (tertiary/aromatic N) is 4. The highest BCUT2D eigenvalue weighted by molar-refractivity contribution is 6.03. The summed E-state index contributed by atoms with van der Waals surface area (Å²) in [5, 5.41) is 8.13. The number of carbonyl (C=O) groups is 2. The zero-order chi connectivity index (χ0) is 22.6. The van der Waals surface area contributed by atoms with E-state index in [-0.39, 0.29) is 29.9 Å². The lowest BCUT2D eigenvalue weighted by molar-refractivity contribution is -0.137. The number of halogens is 3.